The second kappa shape index (κ2) is 5.80. The molecule has 1 aliphatic rings. The van der Waals surface area contributed by atoms with Crippen molar-refractivity contribution >= 4 is 32.3 Å². The van der Waals surface area contributed by atoms with Gasteiger partial charge in [0, 0.05) is 18.4 Å². The van der Waals surface area contributed by atoms with E-state index < -0.39 is 0 Å². The fourth-order valence-corrected chi connectivity index (χ4v) is 4.55. The molecule has 1 aliphatic heterocycles. The van der Waals surface area contributed by atoms with Crippen molar-refractivity contribution in [2.75, 3.05) is 6.61 Å². The largest absolute Gasteiger partial charge is 0.357 e. The Balaban J connectivity index is 1.57. The quantitative estimate of drug-likeness (QED) is 0.356. The molecule has 1 fully saturated rings. The monoisotopic (exact) mass is 352 g/mol. The van der Waals surface area contributed by atoms with E-state index in [9.17, 15) is 0 Å². The molecular weight excluding hydrogens is 332 g/mol. The lowest BCUT2D eigenvalue weighted by Gasteiger charge is -2.22. The van der Waals surface area contributed by atoms with Crippen molar-refractivity contribution < 1.29 is 4.74 Å². The van der Waals surface area contributed by atoms with Gasteiger partial charge in [-0.05, 0) is 57.1 Å². The van der Waals surface area contributed by atoms with Gasteiger partial charge >= 0.3 is 0 Å². The molecule has 27 heavy (non-hydrogen) atoms. The number of aromatic nitrogens is 2. The highest BCUT2D eigenvalue weighted by Gasteiger charge is 2.18. The Kier molecular flexibility index (Phi) is 3.26. The normalized spacial score (nSPS) is 18.0. The standard InChI is InChI=1S/C24H20N2O/c1-2-13-27-22(6-1)26-15-19(14-25-26)20-11-9-18-8-7-16-4-3-5-17-10-12-21(20)24(18)23(16)17/h3-5,7-12,14-15,22H,1-2,6,13H2. The number of rotatable bonds is 2. The minimum atomic E-state index is 0.0762. The van der Waals surface area contributed by atoms with Crippen LogP contribution < -0.4 is 0 Å². The summed E-state index contributed by atoms with van der Waals surface area (Å²) in [6, 6.07) is 19.9. The Labute approximate surface area is 157 Å². The lowest BCUT2D eigenvalue weighted by molar-refractivity contribution is -0.0394. The minimum absolute atomic E-state index is 0.0762. The topological polar surface area (TPSA) is 27.1 Å². The summed E-state index contributed by atoms with van der Waals surface area (Å²) in [7, 11) is 0. The SMILES string of the molecule is c1cc2ccc3ccc(-c4cnn(C5CCCCO5)c4)c4ccc(c1)c2c34. The maximum atomic E-state index is 5.89. The Bertz CT molecular complexity index is 1250. The number of hydrogen-bond acceptors (Lipinski definition) is 2. The van der Waals surface area contributed by atoms with Gasteiger partial charge in [0.25, 0.3) is 0 Å². The third-order valence-corrected chi connectivity index (χ3v) is 5.89. The van der Waals surface area contributed by atoms with Gasteiger partial charge in [0.15, 0.2) is 0 Å². The molecule has 1 aromatic heterocycles. The maximum Gasteiger partial charge on any atom is 0.150 e. The smallest absolute Gasteiger partial charge is 0.150 e. The predicted octanol–water partition coefficient (Wildman–Crippen LogP) is 6.15. The Morgan fingerprint density at radius 3 is 2.44 bits per heavy atom. The highest BCUT2D eigenvalue weighted by Crippen LogP contribution is 2.39. The Hall–Kier alpha value is -2.91. The first kappa shape index (κ1) is 15.2. The summed E-state index contributed by atoms with van der Waals surface area (Å²) in [4.78, 5) is 0. The third-order valence-electron chi connectivity index (χ3n) is 5.89. The molecule has 1 unspecified atom stereocenters. The number of ether oxygens (including phenoxy) is 1. The van der Waals surface area contributed by atoms with Gasteiger partial charge in [-0.25, -0.2) is 4.68 Å². The molecule has 132 valence electrons. The van der Waals surface area contributed by atoms with Crippen LogP contribution in [-0.4, -0.2) is 16.4 Å². The van der Waals surface area contributed by atoms with Crippen molar-refractivity contribution in [3.8, 4) is 11.1 Å². The van der Waals surface area contributed by atoms with E-state index in [0.29, 0.717) is 0 Å². The second-order valence-electron chi connectivity index (χ2n) is 7.50. The summed E-state index contributed by atoms with van der Waals surface area (Å²) in [6.07, 6.45) is 7.59. The Morgan fingerprint density at radius 2 is 1.63 bits per heavy atom. The molecule has 6 rings (SSSR count). The zero-order valence-corrected chi connectivity index (χ0v) is 15.1. The van der Waals surface area contributed by atoms with Crippen molar-refractivity contribution in [2.45, 2.75) is 25.5 Å². The van der Waals surface area contributed by atoms with Gasteiger partial charge in [-0.2, -0.15) is 5.10 Å². The number of hydrogen-bond donors (Lipinski definition) is 0. The van der Waals surface area contributed by atoms with E-state index in [4.69, 9.17) is 4.74 Å². The van der Waals surface area contributed by atoms with E-state index in [2.05, 4.69) is 65.9 Å². The van der Waals surface area contributed by atoms with Gasteiger partial charge < -0.3 is 4.74 Å². The van der Waals surface area contributed by atoms with Gasteiger partial charge in [0.2, 0.25) is 0 Å². The number of benzene rings is 4. The van der Waals surface area contributed by atoms with Crippen LogP contribution in [0.3, 0.4) is 0 Å². The van der Waals surface area contributed by atoms with Crippen LogP contribution >= 0.6 is 0 Å². The summed E-state index contributed by atoms with van der Waals surface area (Å²) >= 11 is 0. The fraction of sp³-hybridized carbons (Fsp3) is 0.208. The molecular formula is C24H20N2O. The molecule has 0 aliphatic carbocycles. The molecule has 0 amide bonds. The zero-order valence-electron chi connectivity index (χ0n) is 15.1. The van der Waals surface area contributed by atoms with Crippen molar-refractivity contribution in [3.63, 3.8) is 0 Å². The van der Waals surface area contributed by atoms with E-state index in [1.807, 2.05) is 10.9 Å². The molecule has 3 heteroatoms. The predicted molar refractivity (Wildman–Crippen MR) is 110 cm³/mol. The fourth-order valence-electron chi connectivity index (χ4n) is 4.55. The average molecular weight is 352 g/mol. The molecule has 0 radical (unpaired) electrons. The second-order valence-corrected chi connectivity index (χ2v) is 7.50. The lowest BCUT2D eigenvalue weighted by Crippen LogP contribution is -2.18. The van der Waals surface area contributed by atoms with E-state index in [-0.39, 0.29) is 6.23 Å². The summed E-state index contributed by atoms with van der Waals surface area (Å²) in [5.74, 6) is 0. The van der Waals surface area contributed by atoms with Crippen LogP contribution in [0, 0.1) is 0 Å². The summed E-state index contributed by atoms with van der Waals surface area (Å²) in [5.41, 5.74) is 2.39. The first-order chi connectivity index (χ1) is 13.4. The van der Waals surface area contributed by atoms with Crippen LogP contribution in [0.4, 0.5) is 0 Å². The van der Waals surface area contributed by atoms with Crippen molar-refractivity contribution in [1.29, 1.82) is 0 Å². The van der Waals surface area contributed by atoms with E-state index in [0.717, 1.165) is 25.0 Å². The van der Waals surface area contributed by atoms with E-state index in [1.165, 1.54) is 44.3 Å². The van der Waals surface area contributed by atoms with Gasteiger partial charge in [-0.1, -0.05) is 54.6 Å². The van der Waals surface area contributed by atoms with E-state index in [1.54, 1.807) is 0 Å². The van der Waals surface area contributed by atoms with Gasteiger partial charge in [-0.15, -0.1) is 0 Å². The third kappa shape index (κ3) is 2.28. The van der Waals surface area contributed by atoms with Crippen LogP contribution in [0.15, 0.2) is 67.0 Å². The van der Waals surface area contributed by atoms with E-state index >= 15 is 0 Å². The zero-order chi connectivity index (χ0) is 17.8. The molecule has 0 bridgehead atoms. The molecule has 0 saturated carbocycles. The lowest BCUT2D eigenvalue weighted by atomic mass is 9.90. The first-order valence-electron chi connectivity index (χ1n) is 9.71. The maximum absolute atomic E-state index is 5.89. The highest BCUT2D eigenvalue weighted by atomic mass is 16.5. The summed E-state index contributed by atoms with van der Waals surface area (Å²) in [5, 5.41) is 12.5. The van der Waals surface area contributed by atoms with Gasteiger partial charge in [0.05, 0.1) is 6.20 Å². The van der Waals surface area contributed by atoms with Crippen LogP contribution in [0.5, 0.6) is 0 Å². The summed E-state index contributed by atoms with van der Waals surface area (Å²) in [6.45, 7) is 0.832. The first-order valence-corrected chi connectivity index (χ1v) is 9.71. The molecule has 5 aromatic rings. The molecule has 2 heterocycles. The summed E-state index contributed by atoms with van der Waals surface area (Å²) < 4.78 is 7.89. The van der Waals surface area contributed by atoms with Gasteiger partial charge in [-0.3, -0.25) is 0 Å². The highest BCUT2D eigenvalue weighted by molar-refractivity contribution is 6.25. The molecule has 1 atom stereocenters. The molecule has 4 aromatic carbocycles. The molecule has 3 nitrogen and oxygen atoms in total. The number of nitrogens with zero attached hydrogens (tertiary/aromatic N) is 2. The molecule has 0 spiro atoms. The van der Waals surface area contributed by atoms with Crippen LogP contribution in [0.2, 0.25) is 0 Å². The molecule has 1 saturated heterocycles. The minimum Gasteiger partial charge on any atom is -0.357 e. The molecule has 0 N–H and O–H groups in total. The average Bonchev–Trinajstić information content (AvgIpc) is 3.23. The van der Waals surface area contributed by atoms with Gasteiger partial charge in [0.1, 0.15) is 6.23 Å². The van der Waals surface area contributed by atoms with Crippen LogP contribution in [0.1, 0.15) is 25.5 Å². The van der Waals surface area contributed by atoms with Crippen molar-refractivity contribution in [3.05, 3.63) is 67.0 Å². The van der Waals surface area contributed by atoms with Crippen LogP contribution in [0.25, 0.3) is 43.4 Å². The van der Waals surface area contributed by atoms with Crippen molar-refractivity contribution in [1.82, 2.24) is 9.78 Å². The van der Waals surface area contributed by atoms with Crippen molar-refractivity contribution in [2.24, 2.45) is 0 Å². The van der Waals surface area contributed by atoms with Crippen LogP contribution in [-0.2, 0) is 4.74 Å². The Morgan fingerprint density at radius 1 is 0.852 bits per heavy atom.